The maximum absolute atomic E-state index is 12.9. The van der Waals surface area contributed by atoms with Crippen molar-refractivity contribution in [1.29, 1.82) is 0 Å². The Hall–Kier alpha value is -2.88. The number of aryl methyl sites for hydroxylation is 1. The average Bonchev–Trinajstić information content (AvgIpc) is 2.78. The average molecular weight is 554 g/mol. The second-order valence-electron chi connectivity index (χ2n) is 10.6. The quantitative estimate of drug-likeness (QED) is 0.267. The van der Waals surface area contributed by atoms with Crippen LogP contribution in [0.15, 0.2) is 47.4 Å². The predicted octanol–water partition coefficient (Wildman–Crippen LogP) is 7.18. The number of benzene rings is 2. The molecule has 0 spiro atoms. The van der Waals surface area contributed by atoms with E-state index >= 15 is 0 Å². The van der Waals surface area contributed by atoms with E-state index in [2.05, 4.69) is 10.8 Å². The van der Waals surface area contributed by atoms with Crippen molar-refractivity contribution < 1.29 is 37.0 Å². The fourth-order valence-electron chi connectivity index (χ4n) is 4.18. The third-order valence-electron chi connectivity index (χ3n) is 5.92. The van der Waals surface area contributed by atoms with Gasteiger partial charge in [0.1, 0.15) is 21.8 Å². The molecule has 3 rings (SSSR count). The lowest BCUT2D eigenvalue weighted by atomic mass is 9.87. The van der Waals surface area contributed by atoms with Crippen molar-refractivity contribution in [2.24, 2.45) is 0 Å². The molecule has 1 aliphatic carbocycles. The van der Waals surface area contributed by atoms with E-state index in [0.29, 0.717) is 13.0 Å². The second-order valence-corrected chi connectivity index (χ2v) is 12.3. The molecule has 2 aromatic carbocycles. The lowest BCUT2D eigenvalue weighted by molar-refractivity contribution is -0.274. The molecule has 0 saturated carbocycles. The number of nitrogens with zero attached hydrogens (tertiary/aromatic N) is 1. The molecule has 1 atom stereocenters. The summed E-state index contributed by atoms with van der Waals surface area (Å²) < 4.78 is 51.2. The SMILES string of the molecule is CCN(C(=O)Oc1ccc(OC(F)(F)F)cc1)C1CCc2cc(SC(C)(C)C(=O)OC(C)(C)C)ccc2C1. The molecular formula is C28H34F3NO5S. The number of amides is 1. The van der Waals surface area contributed by atoms with Crippen molar-refractivity contribution in [2.75, 3.05) is 6.54 Å². The van der Waals surface area contributed by atoms with Gasteiger partial charge in [-0.3, -0.25) is 4.79 Å². The number of esters is 1. The zero-order chi connectivity index (χ0) is 28.3. The van der Waals surface area contributed by atoms with Gasteiger partial charge in [-0.25, -0.2) is 4.79 Å². The normalized spacial score (nSPS) is 15.9. The maximum atomic E-state index is 12.9. The Bertz CT molecular complexity index is 1140. The van der Waals surface area contributed by atoms with Crippen molar-refractivity contribution in [3.63, 3.8) is 0 Å². The first kappa shape index (κ1) is 29.7. The molecule has 0 radical (unpaired) electrons. The van der Waals surface area contributed by atoms with Gasteiger partial charge in [-0.05, 0) is 108 Å². The Morgan fingerprint density at radius 2 is 1.61 bits per heavy atom. The van der Waals surface area contributed by atoms with E-state index in [9.17, 15) is 22.8 Å². The highest BCUT2D eigenvalue weighted by molar-refractivity contribution is 8.01. The number of carbonyl (C=O) groups is 2. The summed E-state index contributed by atoms with van der Waals surface area (Å²) >= 11 is 1.46. The molecular weight excluding hydrogens is 519 g/mol. The van der Waals surface area contributed by atoms with Gasteiger partial charge in [0, 0.05) is 17.5 Å². The van der Waals surface area contributed by atoms with Crippen LogP contribution in [0, 0.1) is 0 Å². The van der Waals surface area contributed by atoms with Crippen LogP contribution in [0.2, 0.25) is 0 Å². The van der Waals surface area contributed by atoms with Gasteiger partial charge in [0.2, 0.25) is 0 Å². The summed E-state index contributed by atoms with van der Waals surface area (Å²) in [5.41, 5.74) is 1.74. The molecule has 0 bridgehead atoms. The Labute approximate surface area is 225 Å². The van der Waals surface area contributed by atoms with E-state index in [1.807, 2.05) is 53.7 Å². The van der Waals surface area contributed by atoms with Crippen LogP contribution in [0.4, 0.5) is 18.0 Å². The number of hydrogen-bond donors (Lipinski definition) is 0. The molecule has 2 aromatic rings. The van der Waals surface area contributed by atoms with Crippen LogP contribution in [0.25, 0.3) is 0 Å². The first-order chi connectivity index (χ1) is 17.6. The van der Waals surface area contributed by atoms with Crippen molar-refractivity contribution >= 4 is 23.8 Å². The zero-order valence-corrected chi connectivity index (χ0v) is 23.3. The van der Waals surface area contributed by atoms with E-state index in [-0.39, 0.29) is 23.5 Å². The summed E-state index contributed by atoms with van der Waals surface area (Å²) in [6.45, 7) is 11.5. The number of hydrogen-bond acceptors (Lipinski definition) is 6. The number of carbonyl (C=O) groups excluding carboxylic acids is 2. The van der Waals surface area contributed by atoms with E-state index in [0.717, 1.165) is 35.4 Å². The summed E-state index contributed by atoms with van der Waals surface area (Å²) in [6, 6.07) is 10.8. The third-order valence-corrected chi connectivity index (χ3v) is 7.09. The summed E-state index contributed by atoms with van der Waals surface area (Å²) in [6.07, 6.45) is -3.21. The van der Waals surface area contributed by atoms with Gasteiger partial charge in [0.25, 0.3) is 0 Å². The van der Waals surface area contributed by atoms with Crippen LogP contribution in [-0.4, -0.2) is 46.3 Å². The molecule has 1 unspecified atom stereocenters. The molecule has 1 aliphatic rings. The van der Waals surface area contributed by atoms with Crippen LogP contribution in [0.5, 0.6) is 11.5 Å². The molecule has 0 fully saturated rings. The van der Waals surface area contributed by atoms with Gasteiger partial charge >= 0.3 is 18.4 Å². The molecule has 0 heterocycles. The maximum Gasteiger partial charge on any atom is 0.573 e. The minimum Gasteiger partial charge on any atom is -0.459 e. The monoisotopic (exact) mass is 553 g/mol. The van der Waals surface area contributed by atoms with Gasteiger partial charge in [-0.1, -0.05) is 6.07 Å². The molecule has 38 heavy (non-hydrogen) atoms. The van der Waals surface area contributed by atoms with Gasteiger partial charge in [0.05, 0.1) is 0 Å². The van der Waals surface area contributed by atoms with Crippen LogP contribution in [0.1, 0.15) is 59.1 Å². The first-order valence-corrected chi connectivity index (χ1v) is 13.3. The minimum atomic E-state index is -4.79. The number of alkyl halides is 3. The molecule has 0 aliphatic heterocycles. The lowest BCUT2D eigenvalue weighted by Gasteiger charge is -2.34. The number of ether oxygens (including phenoxy) is 3. The fourth-order valence-corrected chi connectivity index (χ4v) is 5.24. The topological polar surface area (TPSA) is 65.1 Å². The summed E-state index contributed by atoms with van der Waals surface area (Å²) in [5, 5.41) is 0. The molecule has 10 heteroatoms. The molecule has 0 aromatic heterocycles. The van der Waals surface area contributed by atoms with Crippen LogP contribution in [0.3, 0.4) is 0 Å². The van der Waals surface area contributed by atoms with E-state index < -0.39 is 22.8 Å². The zero-order valence-electron chi connectivity index (χ0n) is 22.5. The smallest absolute Gasteiger partial charge is 0.459 e. The molecule has 208 valence electrons. The molecule has 6 nitrogen and oxygen atoms in total. The number of thioether (sulfide) groups is 1. The predicted molar refractivity (Wildman–Crippen MR) is 140 cm³/mol. The van der Waals surface area contributed by atoms with Crippen molar-refractivity contribution in [3.8, 4) is 11.5 Å². The third kappa shape index (κ3) is 8.31. The van der Waals surface area contributed by atoms with E-state index in [4.69, 9.17) is 9.47 Å². The van der Waals surface area contributed by atoms with E-state index in [1.54, 1.807) is 4.90 Å². The molecule has 0 saturated heterocycles. The van der Waals surface area contributed by atoms with Crippen LogP contribution in [-0.2, 0) is 22.4 Å². The lowest BCUT2D eigenvalue weighted by Crippen LogP contribution is -2.44. The summed E-state index contributed by atoms with van der Waals surface area (Å²) in [7, 11) is 0. The number of fused-ring (bicyclic) bond motifs is 1. The van der Waals surface area contributed by atoms with Crippen LogP contribution >= 0.6 is 11.8 Å². The summed E-state index contributed by atoms with van der Waals surface area (Å²) in [4.78, 5) is 28.1. The first-order valence-electron chi connectivity index (χ1n) is 12.4. The highest BCUT2D eigenvalue weighted by atomic mass is 32.2. The Kier molecular flexibility index (Phi) is 8.96. The highest BCUT2D eigenvalue weighted by Gasteiger charge is 2.35. The minimum absolute atomic E-state index is 0.0791. The van der Waals surface area contributed by atoms with Crippen LogP contribution < -0.4 is 9.47 Å². The van der Waals surface area contributed by atoms with Gasteiger partial charge in [0.15, 0.2) is 0 Å². The van der Waals surface area contributed by atoms with Gasteiger partial charge in [-0.15, -0.1) is 24.9 Å². The van der Waals surface area contributed by atoms with Crippen molar-refractivity contribution in [1.82, 2.24) is 4.90 Å². The Morgan fingerprint density at radius 3 is 2.18 bits per heavy atom. The number of rotatable bonds is 7. The second kappa shape index (κ2) is 11.5. The van der Waals surface area contributed by atoms with Gasteiger partial charge < -0.3 is 19.1 Å². The Morgan fingerprint density at radius 1 is 0.974 bits per heavy atom. The van der Waals surface area contributed by atoms with Crippen molar-refractivity contribution in [2.45, 2.75) is 88.5 Å². The largest absolute Gasteiger partial charge is 0.573 e. The fraction of sp³-hybridized carbons (Fsp3) is 0.500. The number of halogens is 3. The van der Waals surface area contributed by atoms with Gasteiger partial charge in [-0.2, -0.15) is 0 Å². The molecule has 1 amide bonds. The van der Waals surface area contributed by atoms with Crippen molar-refractivity contribution in [3.05, 3.63) is 53.6 Å². The number of likely N-dealkylation sites (N-methyl/N-ethyl adjacent to an activating group) is 1. The van der Waals surface area contributed by atoms with E-state index in [1.165, 1.54) is 29.5 Å². The molecule has 0 N–H and O–H groups in total. The Balaban J connectivity index is 1.63. The standard InChI is InChI=1S/C28H34F3NO5S/c1-7-32(25(34)35-21-11-13-22(14-12-21)36-28(29,30)31)20-10-8-19-17-23(15-9-18(19)16-20)38-27(5,6)24(33)37-26(2,3)4/h9,11-15,17,20H,7-8,10,16H2,1-6H3. The highest BCUT2D eigenvalue weighted by Crippen LogP contribution is 2.37. The summed E-state index contributed by atoms with van der Waals surface area (Å²) in [5.74, 6) is -0.526.